The van der Waals surface area contributed by atoms with E-state index in [0.717, 1.165) is 5.56 Å². The summed E-state index contributed by atoms with van der Waals surface area (Å²) in [6, 6.07) is 13.5. The van der Waals surface area contributed by atoms with Crippen molar-refractivity contribution in [3.8, 4) is 0 Å². The Hall–Kier alpha value is -1.08. The maximum atomic E-state index is 12.2. The second kappa shape index (κ2) is 5.50. The van der Waals surface area contributed by atoms with Gasteiger partial charge in [-0.3, -0.25) is 9.36 Å². The Morgan fingerprint density at radius 2 is 1.63 bits per heavy atom. The van der Waals surface area contributed by atoms with Crippen LogP contribution in [0.3, 0.4) is 0 Å². The topological polar surface area (TPSA) is 34.1 Å². The molecule has 2 aromatic rings. The summed E-state index contributed by atoms with van der Waals surface area (Å²) < 4.78 is 11.5. The van der Waals surface area contributed by atoms with Crippen molar-refractivity contribution >= 4 is 39.4 Å². The van der Waals surface area contributed by atoms with Crippen LogP contribution in [0.5, 0.6) is 0 Å². The minimum atomic E-state index is -3.31. The lowest BCUT2D eigenvalue weighted by Gasteiger charge is -2.05. The first-order valence-corrected chi connectivity index (χ1v) is 9.11. The van der Waals surface area contributed by atoms with Gasteiger partial charge in [0.2, 0.25) is 0 Å². The van der Waals surface area contributed by atoms with Crippen molar-refractivity contribution in [1.82, 2.24) is 0 Å². The highest BCUT2D eigenvalue weighted by molar-refractivity contribution is 8.13. The number of aryl methyl sites for hydroxylation is 1. The molecule has 0 fully saturated rings. The maximum Gasteiger partial charge on any atom is 0.281 e. The summed E-state index contributed by atoms with van der Waals surface area (Å²) >= 11 is 11.1. The second-order valence-corrected chi connectivity index (χ2v) is 9.02. The lowest BCUT2D eigenvalue weighted by atomic mass is 10.0. The quantitative estimate of drug-likeness (QED) is 0.616. The van der Waals surface area contributed by atoms with Crippen LogP contribution >= 0.6 is 28.3 Å². The molecule has 0 saturated heterocycles. The molecule has 19 heavy (non-hydrogen) atoms. The van der Waals surface area contributed by atoms with Crippen molar-refractivity contribution in [2.24, 2.45) is 0 Å². The number of rotatable bonds is 3. The zero-order valence-corrected chi connectivity index (χ0v) is 12.5. The van der Waals surface area contributed by atoms with Crippen LogP contribution in [0.15, 0.2) is 48.5 Å². The van der Waals surface area contributed by atoms with Gasteiger partial charge in [0.15, 0.2) is 5.78 Å². The molecule has 0 bridgehead atoms. The summed E-state index contributed by atoms with van der Waals surface area (Å²) in [5, 5.41) is 0.330. The molecule has 0 aromatic heterocycles. The summed E-state index contributed by atoms with van der Waals surface area (Å²) in [5.74, 6) is -3.40. The third kappa shape index (κ3) is 3.48. The van der Waals surface area contributed by atoms with Crippen molar-refractivity contribution in [3.63, 3.8) is 0 Å². The Balaban J connectivity index is 2.33. The molecule has 5 heteroatoms. The highest BCUT2D eigenvalue weighted by Crippen LogP contribution is 2.55. The number of hydrogen-bond donors (Lipinski definition) is 0. The Bertz CT molecular complexity index is 659. The Morgan fingerprint density at radius 3 is 2.16 bits per heavy atom. The van der Waals surface area contributed by atoms with Crippen molar-refractivity contribution in [3.05, 3.63) is 65.2 Å². The van der Waals surface area contributed by atoms with E-state index in [2.05, 4.69) is 0 Å². The van der Waals surface area contributed by atoms with Gasteiger partial charge < -0.3 is 0 Å². The van der Waals surface area contributed by atoms with Crippen LogP contribution < -0.4 is 5.30 Å². The number of halogens is 2. The summed E-state index contributed by atoms with van der Waals surface area (Å²) in [6.45, 7) is 1.93. The average Bonchev–Trinajstić information content (AvgIpc) is 2.37. The SMILES string of the molecule is Cc1cccc(C(=O)c2ccc(P(=O)(Cl)Cl)cc2)c1. The van der Waals surface area contributed by atoms with Crippen LogP contribution in [0, 0.1) is 6.92 Å². The third-order valence-corrected chi connectivity index (χ3v) is 4.78. The molecular weight excluding hydrogens is 302 g/mol. The van der Waals surface area contributed by atoms with Crippen LogP contribution in [0.4, 0.5) is 0 Å². The van der Waals surface area contributed by atoms with Crippen molar-refractivity contribution < 1.29 is 9.36 Å². The third-order valence-electron chi connectivity index (χ3n) is 2.71. The second-order valence-electron chi connectivity index (χ2n) is 4.21. The van der Waals surface area contributed by atoms with E-state index in [1.54, 1.807) is 18.2 Å². The zero-order chi connectivity index (χ0) is 14.0. The van der Waals surface area contributed by atoms with Gasteiger partial charge in [0.05, 0.1) is 0 Å². The fourth-order valence-electron chi connectivity index (χ4n) is 1.74. The van der Waals surface area contributed by atoms with E-state index in [-0.39, 0.29) is 5.78 Å². The molecule has 0 N–H and O–H groups in total. The van der Waals surface area contributed by atoms with Crippen LogP contribution in [0.2, 0.25) is 0 Å². The summed E-state index contributed by atoms with van der Waals surface area (Å²) in [5.41, 5.74) is 2.15. The van der Waals surface area contributed by atoms with Gasteiger partial charge in [0, 0.05) is 16.4 Å². The van der Waals surface area contributed by atoms with E-state index in [9.17, 15) is 9.36 Å². The number of hydrogen-bond acceptors (Lipinski definition) is 2. The van der Waals surface area contributed by atoms with E-state index in [4.69, 9.17) is 22.5 Å². The molecule has 0 radical (unpaired) electrons. The first-order valence-electron chi connectivity index (χ1n) is 5.59. The molecule has 0 aliphatic rings. The van der Waals surface area contributed by atoms with E-state index in [0.29, 0.717) is 16.4 Å². The van der Waals surface area contributed by atoms with Crippen molar-refractivity contribution in [1.29, 1.82) is 0 Å². The van der Waals surface area contributed by atoms with Gasteiger partial charge in [-0.25, -0.2) is 0 Å². The number of ketones is 1. The van der Waals surface area contributed by atoms with Crippen molar-refractivity contribution in [2.75, 3.05) is 0 Å². The van der Waals surface area contributed by atoms with E-state index in [1.165, 1.54) is 12.1 Å². The maximum absolute atomic E-state index is 12.2. The van der Waals surface area contributed by atoms with Crippen molar-refractivity contribution in [2.45, 2.75) is 6.92 Å². The smallest absolute Gasteiger partial charge is 0.281 e. The molecule has 0 heterocycles. The minimum absolute atomic E-state index is 0.0887. The van der Waals surface area contributed by atoms with Crippen LogP contribution in [-0.4, -0.2) is 5.78 Å². The zero-order valence-electron chi connectivity index (χ0n) is 10.1. The lowest BCUT2D eigenvalue weighted by molar-refractivity contribution is 0.103. The van der Waals surface area contributed by atoms with Crippen LogP contribution in [0.25, 0.3) is 0 Å². The first-order chi connectivity index (χ1) is 8.88. The molecule has 0 aliphatic heterocycles. The molecule has 2 nitrogen and oxygen atoms in total. The standard InChI is InChI=1S/C14H11Cl2O2P/c1-10-3-2-4-12(9-10)14(17)11-5-7-13(8-6-11)19(15,16)18/h2-9H,1H3. The van der Waals surface area contributed by atoms with E-state index >= 15 is 0 Å². The fraction of sp³-hybridized carbons (Fsp3) is 0.0714. The molecule has 2 rings (SSSR count). The number of carbonyl (C=O) groups is 1. The molecule has 0 unspecified atom stereocenters. The largest absolute Gasteiger partial charge is 0.289 e. The molecule has 0 atom stereocenters. The van der Waals surface area contributed by atoms with Gasteiger partial charge in [0.1, 0.15) is 0 Å². The average molecular weight is 313 g/mol. The number of carbonyl (C=O) groups excluding carboxylic acids is 1. The highest BCUT2D eigenvalue weighted by atomic mass is 35.9. The number of benzene rings is 2. The Labute approximate surface area is 121 Å². The van der Waals surface area contributed by atoms with E-state index in [1.807, 2.05) is 25.1 Å². The van der Waals surface area contributed by atoms with Gasteiger partial charge in [0.25, 0.3) is 5.85 Å². The normalized spacial score (nSPS) is 11.3. The first kappa shape index (κ1) is 14.3. The minimum Gasteiger partial charge on any atom is -0.289 e. The summed E-state index contributed by atoms with van der Waals surface area (Å²) in [6.07, 6.45) is 0. The molecule has 0 saturated carbocycles. The van der Waals surface area contributed by atoms with E-state index < -0.39 is 5.85 Å². The monoisotopic (exact) mass is 312 g/mol. The van der Waals surface area contributed by atoms with Gasteiger partial charge in [-0.2, -0.15) is 0 Å². The Morgan fingerprint density at radius 1 is 1.00 bits per heavy atom. The molecule has 2 aromatic carbocycles. The van der Waals surface area contributed by atoms with Gasteiger partial charge in [-0.1, -0.05) is 35.9 Å². The predicted octanol–water partition coefficient (Wildman–Crippen LogP) is 4.52. The van der Waals surface area contributed by atoms with Crippen LogP contribution in [-0.2, 0) is 4.57 Å². The molecule has 0 aliphatic carbocycles. The van der Waals surface area contributed by atoms with Gasteiger partial charge >= 0.3 is 0 Å². The molecule has 0 spiro atoms. The van der Waals surface area contributed by atoms with Crippen LogP contribution in [0.1, 0.15) is 21.5 Å². The predicted molar refractivity (Wildman–Crippen MR) is 80.0 cm³/mol. The van der Waals surface area contributed by atoms with Gasteiger partial charge in [-0.15, -0.1) is 0 Å². The summed E-state index contributed by atoms with van der Waals surface area (Å²) in [7, 11) is 0. The Kier molecular flexibility index (Phi) is 4.15. The molecular formula is C14H11Cl2O2P. The molecule has 98 valence electrons. The summed E-state index contributed by atoms with van der Waals surface area (Å²) in [4.78, 5) is 12.2. The lowest BCUT2D eigenvalue weighted by Crippen LogP contribution is -2.04. The fourth-order valence-corrected chi connectivity index (χ4v) is 2.91. The highest BCUT2D eigenvalue weighted by Gasteiger charge is 2.18. The molecule has 0 amide bonds. The van der Waals surface area contributed by atoms with Gasteiger partial charge in [-0.05, 0) is 47.6 Å².